The van der Waals surface area contributed by atoms with Crippen LogP contribution in [0.25, 0.3) is 0 Å². The van der Waals surface area contributed by atoms with Gasteiger partial charge in [-0.15, -0.1) is 0 Å². The normalized spacial score (nSPS) is 21.2. The van der Waals surface area contributed by atoms with Crippen LogP contribution in [0.5, 0.6) is 0 Å². The molecule has 0 radical (unpaired) electrons. The number of nitrogens with one attached hydrogen (secondary N) is 1. The van der Waals surface area contributed by atoms with Gasteiger partial charge in [-0.3, -0.25) is 0 Å². The van der Waals surface area contributed by atoms with Crippen LogP contribution in [-0.4, -0.2) is 24.3 Å². The standard InChI is InChI=1S/C13H27NO/c1-12(14-10-6-7-11-15)13-8-4-2-3-5-9-13/h12-15H,2-11H2,1H3/t12-/m1/s1. The van der Waals surface area contributed by atoms with E-state index in [1.807, 2.05) is 0 Å². The zero-order valence-electron chi connectivity index (χ0n) is 10.2. The first-order valence-corrected chi connectivity index (χ1v) is 6.69. The third-order valence-corrected chi connectivity index (χ3v) is 3.66. The van der Waals surface area contributed by atoms with Crippen molar-refractivity contribution in [3.63, 3.8) is 0 Å². The summed E-state index contributed by atoms with van der Waals surface area (Å²) in [6, 6.07) is 0.668. The molecule has 0 bridgehead atoms. The van der Waals surface area contributed by atoms with Crippen molar-refractivity contribution in [1.29, 1.82) is 0 Å². The fourth-order valence-corrected chi connectivity index (χ4v) is 2.54. The summed E-state index contributed by atoms with van der Waals surface area (Å²) in [6.07, 6.45) is 10.6. The molecule has 1 saturated carbocycles. The lowest BCUT2D eigenvalue weighted by molar-refractivity contribution is 0.278. The van der Waals surface area contributed by atoms with Crippen molar-refractivity contribution in [3.8, 4) is 0 Å². The Morgan fingerprint density at radius 1 is 1.13 bits per heavy atom. The second kappa shape index (κ2) is 8.12. The zero-order valence-corrected chi connectivity index (χ0v) is 10.2. The Balaban J connectivity index is 2.11. The quantitative estimate of drug-likeness (QED) is 0.525. The zero-order chi connectivity index (χ0) is 10.9. The first-order chi connectivity index (χ1) is 7.34. The summed E-state index contributed by atoms with van der Waals surface area (Å²) in [5, 5.41) is 12.3. The van der Waals surface area contributed by atoms with Crippen molar-refractivity contribution in [2.75, 3.05) is 13.2 Å². The fourth-order valence-electron chi connectivity index (χ4n) is 2.54. The third-order valence-electron chi connectivity index (χ3n) is 3.66. The molecule has 90 valence electrons. The van der Waals surface area contributed by atoms with Gasteiger partial charge in [-0.25, -0.2) is 0 Å². The lowest BCUT2D eigenvalue weighted by atomic mass is 9.93. The molecule has 1 aliphatic carbocycles. The molecule has 0 spiro atoms. The Hall–Kier alpha value is -0.0800. The predicted molar refractivity (Wildman–Crippen MR) is 65.0 cm³/mol. The topological polar surface area (TPSA) is 32.3 Å². The van der Waals surface area contributed by atoms with Gasteiger partial charge in [-0.1, -0.05) is 25.7 Å². The Labute approximate surface area is 94.5 Å². The molecule has 1 rings (SSSR count). The molecule has 0 amide bonds. The van der Waals surface area contributed by atoms with Gasteiger partial charge in [0.2, 0.25) is 0 Å². The first kappa shape index (κ1) is 13.0. The van der Waals surface area contributed by atoms with E-state index in [9.17, 15) is 0 Å². The van der Waals surface area contributed by atoms with Gasteiger partial charge in [-0.05, 0) is 45.1 Å². The smallest absolute Gasteiger partial charge is 0.0431 e. The molecule has 1 fully saturated rings. The minimum absolute atomic E-state index is 0.333. The van der Waals surface area contributed by atoms with Gasteiger partial charge in [0.1, 0.15) is 0 Å². The third kappa shape index (κ3) is 5.53. The maximum atomic E-state index is 8.69. The lowest BCUT2D eigenvalue weighted by Crippen LogP contribution is -2.34. The van der Waals surface area contributed by atoms with Crippen molar-refractivity contribution >= 4 is 0 Å². The van der Waals surface area contributed by atoms with Crippen LogP contribution >= 0.6 is 0 Å². The SMILES string of the molecule is C[C@@H](NCCCCO)C1CCCCCC1. The highest BCUT2D eigenvalue weighted by Crippen LogP contribution is 2.25. The fraction of sp³-hybridized carbons (Fsp3) is 1.00. The van der Waals surface area contributed by atoms with Gasteiger partial charge < -0.3 is 10.4 Å². The highest BCUT2D eigenvalue weighted by molar-refractivity contribution is 4.74. The van der Waals surface area contributed by atoms with Crippen molar-refractivity contribution < 1.29 is 5.11 Å². The highest BCUT2D eigenvalue weighted by Gasteiger charge is 2.17. The number of aliphatic hydroxyl groups excluding tert-OH is 1. The van der Waals surface area contributed by atoms with E-state index in [1.165, 1.54) is 38.5 Å². The van der Waals surface area contributed by atoms with E-state index < -0.39 is 0 Å². The van der Waals surface area contributed by atoms with E-state index in [0.717, 1.165) is 25.3 Å². The van der Waals surface area contributed by atoms with E-state index in [4.69, 9.17) is 5.11 Å². The summed E-state index contributed by atoms with van der Waals surface area (Å²) in [5.41, 5.74) is 0. The van der Waals surface area contributed by atoms with Crippen molar-refractivity contribution in [2.45, 2.75) is 64.3 Å². The van der Waals surface area contributed by atoms with Crippen LogP contribution in [0.15, 0.2) is 0 Å². The Kier molecular flexibility index (Phi) is 7.03. The molecule has 1 atom stereocenters. The van der Waals surface area contributed by atoms with Gasteiger partial charge in [-0.2, -0.15) is 0 Å². The largest absolute Gasteiger partial charge is 0.396 e. The van der Waals surface area contributed by atoms with Gasteiger partial charge in [0, 0.05) is 12.6 Å². The summed E-state index contributed by atoms with van der Waals surface area (Å²) in [7, 11) is 0. The van der Waals surface area contributed by atoms with E-state index in [0.29, 0.717) is 12.6 Å². The average molecular weight is 213 g/mol. The van der Waals surface area contributed by atoms with Crippen LogP contribution in [0, 0.1) is 5.92 Å². The van der Waals surface area contributed by atoms with Crippen LogP contribution < -0.4 is 5.32 Å². The lowest BCUT2D eigenvalue weighted by Gasteiger charge is -2.23. The molecule has 0 aromatic rings. The molecule has 0 unspecified atom stereocenters. The Morgan fingerprint density at radius 2 is 1.80 bits per heavy atom. The number of unbranched alkanes of at least 4 members (excludes halogenated alkanes) is 1. The molecule has 1 aliphatic rings. The molecule has 2 N–H and O–H groups in total. The summed E-state index contributed by atoms with van der Waals surface area (Å²) >= 11 is 0. The van der Waals surface area contributed by atoms with Crippen LogP contribution in [0.1, 0.15) is 58.3 Å². The van der Waals surface area contributed by atoms with E-state index in [1.54, 1.807) is 0 Å². The monoisotopic (exact) mass is 213 g/mol. The molecular formula is C13H27NO. The molecule has 0 heterocycles. The number of rotatable bonds is 6. The van der Waals surface area contributed by atoms with Gasteiger partial charge in [0.25, 0.3) is 0 Å². The van der Waals surface area contributed by atoms with Crippen molar-refractivity contribution in [1.82, 2.24) is 5.32 Å². The second-order valence-corrected chi connectivity index (χ2v) is 4.93. The maximum Gasteiger partial charge on any atom is 0.0431 e. The number of aliphatic hydroxyl groups is 1. The summed E-state index contributed by atoms with van der Waals surface area (Å²) in [6.45, 7) is 3.73. The van der Waals surface area contributed by atoms with E-state index in [2.05, 4.69) is 12.2 Å². The number of hydrogen-bond acceptors (Lipinski definition) is 2. The van der Waals surface area contributed by atoms with Crippen LogP contribution in [0.3, 0.4) is 0 Å². The van der Waals surface area contributed by atoms with Crippen LogP contribution in [0.2, 0.25) is 0 Å². The summed E-state index contributed by atoms with van der Waals surface area (Å²) in [4.78, 5) is 0. The molecule has 2 heteroatoms. The molecule has 2 nitrogen and oxygen atoms in total. The molecule has 15 heavy (non-hydrogen) atoms. The molecular weight excluding hydrogens is 186 g/mol. The summed E-state index contributed by atoms with van der Waals surface area (Å²) in [5.74, 6) is 0.890. The second-order valence-electron chi connectivity index (χ2n) is 4.93. The van der Waals surface area contributed by atoms with E-state index in [-0.39, 0.29) is 0 Å². The minimum Gasteiger partial charge on any atom is -0.396 e. The van der Waals surface area contributed by atoms with Crippen molar-refractivity contribution in [2.24, 2.45) is 5.92 Å². The molecule has 0 saturated heterocycles. The minimum atomic E-state index is 0.333. The summed E-state index contributed by atoms with van der Waals surface area (Å²) < 4.78 is 0. The Morgan fingerprint density at radius 3 is 2.40 bits per heavy atom. The predicted octanol–water partition coefficient (Wildman–Crippen LogP) is 2.71. The highest BCUT2D eigenvalue weighted by atomic mass is 16.2. The molecule has 0 aliphatic heterocycles. The first-order valence-electron chi connectivity index (χ1n) is 6.69. The van der Waals surface area contributed by atoms with Gasteiger partial charge in [0.05, 0.1) is 0 Å². The van der Waals surface area contributed by atoms with E-state index >= 15 is 0 Å². The number of hydrogen-bond donors (Lipinski definition) is 2. The van der Waals surface area contributed by atoms with Gasteiger partial charge in [0.15, 0.2) is 0 Å². The van der Waals surface area contributed by atoms with Gasteiger partial charge >= 0.3 is 0 Å². The van der Waals surface area contributed by atoms with Crippen molar-refractivity contribution in [3.05, 3.63) is 0 Å². The Bertz CT molecular complexity index is 141. The van der Waals surface area contributed by atoms with Crippen LogP contribution in [-0.2, 0) is 0 Å². The van der Waals surface area contributed by atoms with Crippen LogP contribution in [0.4, 0.5) is 0 Å². The maximum absolute atomic E-state index is 8.69. The average Bonchev–Trinajstić information content (AvgIpc) is 2.52. The molecule has 0 aromatic heterocycles. The molecule has 0 aromatic carbocycles.